The van der Waals surface area contributed by atoms with E-state index >= 15 is 0 Å². The number of likely N-dealkylation sites (N-methyl/N-ethyl adjacent to an activating group) is 2. The predicted molar refractivity (Wildman–Crippen MR) is 68.0 cm³/mol. The van der Waals surface area contributed by atoms with Gasteiger partial charge >= 0.3 is 0 Å². The van der Waals surface area contributed by atoms with Gasteiger partial charge in [0.05, 0.1) is 11.4 Å². The number of hydrogen-bond donors (Lipinski definition) is 1. The van der Waals surface area contributed by atoms with Crippen molar-refractivity contribution in [1.29, 1.82) is 0 Å². The Morgan fingerprint density at radius 3 is 2.35 bits per heavy atom. The molecular weight excluding hydrogens is 308 g/mol. The van der Waals surface area contributed by atoms with Crippen LogP contribution < -0.4 is 5.32 Å². The molecule has 5 nitrogen and oxygen atoms in total. The Hall–Kier alpha value is -0.920. The molecule has 0 spiro atoms. The van der Waals surface area contributed by atoms with Gasteiger partial charge in [-0.15, -0.1) is 0 Å². The molecule has 0 aliphatic carbocycles. The van der Waals surface area contributed by atoms with Crippen LogP contribution in [0.4, 0.5) is 0 Å². The molecule has 0 radical (unpaired) electrons. The number of rotatable bonds is 4. The van der Waals surface area contributed by atoms with Crippen LogP contribution in [0.1, 0.15) is 0 Å². The summed E-state index contributed by atoms with van der Waals surface area (Å²) in [6, 6.07) is 6.25. The Morgan fingerprint density at radius 2 is 1.88 bits per heavy atom. The Kier molecular flexibility index (Phi) is 4.67. The van der Waals surface area contributed by atoms with E-state index in [0.717, 1.165) is 8.78 Å². The lowest BCUT2D eigenvalue weighted by atomic mass is 10.4. The third-order valence-corrected chi connectivity index (χ3v) is 4.51. The third kappa shape index (κ3) is 3.52. The molecule has 1 rings (SSSR count). The molecule has 1 aromatic rings. The number of nitrogens with zero attached hydrogens (tertiary/aromatic N) is 1. The summed E-state index contributed by atoms with van der Waals surface area (Å²) >= 11 is 3.23. The van der Waals surface area contributed by atoms with E-state index in [2.05, 4.69) is 21.2 Å². The first kappa shape index (κ1) is 14.1. The van der Waals surface area contributed by atoms with Gasteiger partial charge in [0.25, 0.3) is 0 Å². The molecule has 94 valence electrons. The molecule has 0 aliphatic heterocycles. The highest BCUT2D eigenvalue weighted by atomic mass is 79.9. The number of sulfonamides is 1. The van der Waals surface area contributed by atoms with Gasteiger partial charge in [0.2, 0.25) is 15.9 Å². The first-order valence-electron chi connectivity index (χ1n) is 4.80. The summed E-state index contributed by atoms with van der Waals surface area (Å²) in [6.07, 6.45) is 0. The van der Waals surface area contributed by atoms with E-state index in [1.807, 2.05) is 0 Å². The van der Waals surface area contributed by atoms with Crippen LogP contribution in [0.15, 0.2) is 33.6 Å². The van der Waals surface area contributed by atoms with Crippen molar-refractivity contribution < 1.29 is 13.2 Å². The summed E-state index contributed by atoms with van der Waals surface area (Å²) < 4.78 is 25.9. The van der Waals surface area contributed by atoms with Crippen LogP contribution in [0.3, 0.4) is 0 Å². The van der Waals surface area contributed by atoms with E-state index < -0.39 is 10.0 Å². The zero-order chi connectivity index (χ0) is 13.1. The van der Waals surface area contributed by atoms with Crippen molar-refractivity contribution in [3.63, 3.8) is 0 Å². The average Bonchev–Trinajstić information content (AvgIpc) is 2.29. The molecule has 0 aliphatic rings. The fraction of sp³-hybridized carbons (Fsp3) is 0.300. The fourth-order valence-corrected chi connectivity index (χ4v) is 2.54. The number of carbonyl (C=O) groups is 1. The van der Waals surface area contributed by atoms with E-state index in [0.29, 0.717) is 0 Å². The number of benzene rings is 1. The zero-order valence-electron chi connectivity index (χ0n) is 9.47. The number of hydrogen-bond acceptors (Lipinski definition) is 3. The Morgan fingerprint density at radius 1 is 1.35 bits per heavy atom. The lowest BCUT2D eigenvalue weighted by molar-refractivity contribution is -0.120. The summed E-state index contributed by atoms with van der Waals surface area (Å²) in [5, 5.41) is 2.38. The molecule has 0 atom stereocenters. The molecule has 0 saturated heterocycles. The number of carbonyl (C=O) groups excluding carboxylic acids is 1. The topological polar surface area (TPSA) is 66.5 Å². The first-order valence-corrected chi connectivity index (χ1v) is 7.03. The molecule has 0 bridgehead atoms. The monoisotopic (exact) mass is 320 g/mol. The van der Waals surface area contributed by atoms with E-state index in [4.69, 9.17) is 0 Å². The molecular formula is C10H13BrN2O3S. The highest BCUT2D eigenvalue weighted by molar-refractivity contribution is 9.10. The van der Waals surface area contributed by atoms with Crippen molar-refractivity contribution >= 4 is 31.9 Å². The van der Waals surface area contributed by atoms with Gasteiger partial charge in [-0.3, -0.25) is 4.79 Å². The minimum atomic E-state index is -3.61. The van der Waals surface area contributed by atoms with Crippen LogP contribution in [0, 0.1) is 0 Å². The number of amides is 1. The van der Waals surface area contributed by atoms with Crippen LogP contribution in [-0.2, 0) is 14.8 Å². The van der Waals surface area contributed by atoms with E-state index in [1.54, 1.807) is 12.1 Å². The van der Waals surface area contributed by atoms with Gasteiger partial charge in [0, 0.05) is 18.6 Å². The Labute approximate surface area is 109 Å². The minimum Gasteiger partial charge on any atom is -0.358 e. The van der Waals surface area contributed by atoms with Crippen molar-refractivity contribution in [2.45, 2.75) is 4.90 Å². The molecule has 0 unspecified atom stereocenters. The molecule has 0 heterocycles. The fourth-order valence-electron chi connectivity index (χ4n) is 1.15. The minimum absolute atomic E-state index is 0.159. The van der Waals surface area contributed by atoms with Crippen molar-refractivity contribution in [2.24, 2.45) is 0 Å². The Bertz CT molecular complexity index is 499. The first-order chi connectivity index (χ1) is 7.87. The highest BCUT2D eigenvalue weighted by Crippen LogP contribution is 2.17. The molecule has 7 heteroatoms. The largest absolute Gasteiger partial charge is 0.358 e. The number of nitrogens with one attached hydrogen (secondary N) is 1. The van der Waals surface area contributed by atoms with E-state index in [1.165, 1.54) is 26.2 Å². The van der Waals surface area contributed by atoms with Gasteiger partial charge < -0.3 is 5.32 Å². The second kappa shape index (κ2) is 5.61. The second-order valence-corrected chi connectivity index (χ2v) is 6.35. The van der Waals surface area contributed by atoms with Gasteiger partial charge in [0.15, 0.2) is 0 Å². The summed E-state index contributed by atoms with van der Waals surface area (Å²) in [5.74, 6) is -0.354. The molecule has 17 heavy (non-hydrogen) atoms. The van der Waals surface area contributed by atoms with Crippen LogP contribution in [0.5, 0.6) is 0 Å². The molecule has 0 aromatic heterocycles. The lowest BCUT2D eigenvalue weighted by Gasteiger charge is -2.16. The quantitative estimate of drug-likeness (QED) is 0.893. The maximum atomic E-state index is 12.0. The van der Waals surface area contributed by atoms with Gasteiger partial charge in [-0.2, -0.15) is 4.31 Å². The van der Waals surface area contributed by atoms with Crippen molar-refractivity contribution in [3.8, 4) is 0 Å². The number of halogens is 1. The van der Waals surface area contributed by atoms with Crippen molar-refractivity contribution in [2.75, 3.05) is 20.6 Å². The molecule has 0 fully saturated rings. The lowest BCUT2D eigenvalue weighted by Crippen LogP contribution is -2.36. The SMILES string of the molecule is CNC(=O)CN(C)S(=O)(=O)c1ccc(Br)cc1. The van der Waals surface area contributed by atoms with Crippen LogP contribution >= 0.6 is 15.9 Å². The van der Waals surface area contributed by atoms with E-state index in [9.17, 15) is 13.2 Å². The maximum absolute atomic E-state index is 12.0. The van der Waals surface area contributed by atoms with Gasteiger partial charge in [0.1, 0.15) is 0 Å². The molecule has 0 saturated carbocycles. The van der Waals surface area contributed by atoms with Crippen LogP contribution in [0.25, 0.3) is 0 Å². The molecule has 1 amide bonds. The summed E-state index contributed by atoms with van der Waals surface area (Å²) in [5.41, 5.74) is 0. The van der Waals surface area contributed by atoms with Crippen molar-refractivity contribution in [1.82, 2.24) is 9.62 Å². The van der Waals surface area contributed by atoms with Crippen LogP contribution in [0.2, 0.25) is 0 Å². The van der Waals surface area contributed by atoms with E-state index in [-0.39, 0.29) is 17.3 Å². The second-order valence-electron chi connectivity index (χ2n) is 3.39. The zero-order valence-corrected chi connectivity index (χ0v) is 11.9. The highest BCUT2D eigenvalue weighted by Gasteiger charge is 2.22. The maximum Gasteiger partial charge on any atom is 0.243 e. The van der Waals surface area contributed by atoms with Gasteiger partial charge in [-0.1, -0.05) is 15.9 Å². The third-order valence-electron chi connectivity index (χ3n) is 2.17. The standard InChI is InChI=1S/C10H13BrN2O3S/c1-12-10(14)7-13(2)17(15,16)9-5-3-8(11)4-6-9/h3-6H,7H2,1-2H3,(H,12,14). The Balaban J connectivity index is 2.95. The summed E-state index contributed by atoms with van der Waals surface area (Å²) in [4.78, 5) is 11.3. The van der Waals surface area contributed by atoms with Crippen LogP contribution in [-0.4, -0.2) is 39.3 Å². The molecule has 1 N–H and O–H groups in total. The van der Waals surface area contributed by atoms with Gasteiger partial charge in [-0.25, -0.2) is 8.42 Å². The van der Waals surface area contributed by atoms with Gasteiger partial charge in [-0.05, 0) is 24.3 Å². The normalized spacial score (nSPS) is 11.5. The molecule has 1 aromatic carbocycles. The average molecular weight is 321 g/mol. The smallest absolute Gasteiger partial charge is 0.243 e. The van der Waals surface area contributed by atoms with Crippen molar-refractivity contribution in [3.05, 3.63) is 28.7 Å². The summed E-state index contributed by atoms with van der Waals surface area (Å²) in [6.45, 7) is -0.200. The predicted octanol–water partition coefficient (Wildman–Crippen LogP) is 0.816. The summed E-state index contributed by atoms with van der Waals surface area (Å²) in [7, 11) is -0.781.